The number of amidine groups is 1. The number of aryl methyl sites for hydroxylation is 1. The molecule has 1 saturated carbocycles. The van der Waals surface area contributed by atoms with E-state index in [1.807, 2.05) is 12.1 Å². The molecule has 1 aliphatic rings. The summed E-state index contributed by atoms with van der Waals surface area (Å²) in [6.45, 7) is 6.61. The summed E-state index contributed by atoms with van der Waals surface area (Å²) in [4.78, 5) is 2.48. The average Bonchev–Trinajstić information content (AvgIpc) is 3.12. The van der Waals surface area contributed by atoms with Crippen molar-refractivity contribution in [1.29, 1.82) is 5.41 Å². The number of nitrogens with zero attached hydrogens (tertiary/aromatic N) is 1. The third-order valence-electron chi connectivity index (χ3n) is 3.52. The third kappa shape index (κ3) is 3.03. The van der Waals surface area contributed by atoms with E-state index in [0.717, 1.165) is 18.0 Å². The van der Waals surface area contributed by atoms with E-state index in [4.69, 9.17) is 11.1 Å². The minimum absolute atomic E-state index is 0.147. The molecule has 0 radical (unpaired) electrons. The molecule has 3 N–H and O–H groups in total. The highest BCUT2D eigenvalue weighted by atomic mass is 15.1. The van der Waals surface area contributed by atoms with Gasteiger partial charge in [0.25, 0.3) is 0 Å². The summed E-state index contributed by atoms with van der Waals surface area (Å²) in [5.41, 5.74) is 8.87. The van der Waals surface area contributed by atoms with Crippen LogP contribution in [0, 0.1) is 18.3 Å². The highest BCUT2D eigenvalue weighted by molar-refractivity contribution is 5.95. The third-order valence-corrected chi connectivity index (χ3v) is 3.52. The number of hydrogen-bond acceptors (Lipinski definition) is 2. The van der Waals surface area contributed by atoms with Crippen LogP contribution >= 0.6 is 0 Å². The molecule has 1 fully saturated rings. The van der Waals surface area contributed by atoms with Crippen molar-refractivity contribution in [2.75, 3.05) is 18.0 Å². The largest absolute Gasteiger partial charge is 0.384 e. The van der Waals surface area contributed by atoms with Gasteiger partial charge in [0.05, 0.1) is 0 Å². The molecule has 1 aromatic rings. The predicted molar refractivity (Wildman–Crippen MR) is 77.4 cm³/mol. The van der Waals surface area contributed by atoms with Crippen LogP contribution in [0.1, 0.15) is 37.3 Å². The molecule has 0 aromatic heterocycles. The van der Waals surface area contributed by atoms with Crippen molar-refractivity contribution >= 4 is 11.5 Å². The van der Waals surface area contributed by atoms with Crippen LogP contribution in [-0.4, -0.2) is 18.9 Å². The van der Waals surface area contributed by atoms with Gasteiger partial charge in [-0.05, 0) is 55.9 Å². The molecule has 2 rings (SSSR count). The normalized spacial score (nSPS) is 14.6. The fourth-order valence-corrected chi connectivity index (χ4v) is 2.37. The lowest BCUT2D eigenvalue weighted by molar-refractivity contribution is 0.706. The molecule has 3 heteroatoms. The van der Waals surface area contributed by atoms with Crippen LogP contribution in [0.2, 0.25) is 0 Å². The predicted octanol–water partition coefficient (Wildman–Crippen LogP) is 2.91. The molecule has 0 unspecified atom stereocenters. The molecule has 3 nitrogen and oxygen atoms in total. The van der Waals surface area contributed by atoms with Gasteiger partial charge in [0.15, 0.2) is 0 Å². The maximum absolute atomic E-state index is 7.48. The van der Waals surface area contributed by atoms with Gasteiger partial charge in [-0.2, -0.15) is 0 Å². The van der Waals surface area contributed by atoms with Crippen LogP contribution in [-0.2, 0) is 0 Å². The van der Waals surface area contributed by atoms with Gasteiger partial charge in [0.2, 0.25) is 0 Å². The fraction of sp³-hybridized carbons (Fsp3) is 0.533. The summed E-state index contributed by atoms with van der Waals surface area (Å²) in [5, 5.41) is 7.48. The maximum atomic E-state index is 7.48. The number of nitrogens with two attached hydrogens (primary N) is 1. The van der Waals surface area contributed by atoms with E-state index < -0.39 is 0 Å². The Morgan fingerprint density at radius 2 is 2.17 bits per heavy atom. The van der Waals surface area contributed by atoms with Gasteiger partial charge in [0.1, 0.15) is 5.84 Å². The first kappa shape index (κ1) is 12.9. The van der Waals surface area contributed by atoms with Crippen LogP contribution in [0.25, 0.3) is 0 Å². The summed E-state index contributed by atoms with van der Waals surface area (Å²) in [6.07, 6.45) is 3.93. The summed E-state index contributed by atoms with van der Waals surface area (Å²) in [5.74, 6) is 1.04. The molecule has 0 bridgehead atoms. The van der Waals surface area contributed by atoms with Gasteiger partial charge in [-0.15, -0.1) is 0 Å². The first-order valence-corrected chi connectivity index (χ1v) is 6.81. The quantitative estimate of drug-likeness (QED) is 0.598. The molecular weight excluding hydrogens is 222 g/mol. The highest BCUT2D eigenvalue weighted by Gasteiger charge is 2.24. The van der Waals surface area contributed by atoms with Crippen molar-refractivity contribution in [3.8, 4) is 0 Å². The van der Waals surface area contributed by atoms with Crippen molar-refractivity contribution in [1.82, 2.24) is 0 Å². The Hall–Kier alpha value is -1.51. The Morgan fingerprint density at radius 1 is 1.44 bits per heavy atom. The second-order valence-electron chi connectivity index (χ2n) is 5.30. The van der Waals surface area contributed by atoms with Crippen molar-refractivity contribution in [3.63, 3.8) is 0 Å². The van der Waals surface area contributed by atoms with Gasteiger partial charge >= 0.3 is 0 Å². The smallest absolute Gasteiger partial charge is 0.122 e. The molecule has 0 heterocycles. The van der Waals surface area contributed by atoms with E-state index in [1.54, 1.807) is 0 Å². The number of hydrogen-bond donors (Lipinski definition) is 2. The van der Waals surface area contributed by atoms with Gasteiger partial charge < -0.3 is 10.6 Å². The Labute approximate surface area is 109 Å². The Kier molecular flexibility index (Phi) is 3.90. The maximum Gasteiger partial charge on any atom is 0.122 e. The molecule has 0 aliphatic heterocycles. The Bertz CT molecular complexity index is 435. The SMILES string of the molecule is CCCN(CC1CC1)c1ccc(C(=N)N)cc1C. The van der Waals surface area contributed by atoms with E-state index in [2.05, 4.69) is 24.8 Å². The first-order chi connectivity index (χ1) is 8.61. The van der Waals surface area contributed by atoms with Gasteiger partial charge in [-0.25, -0.2) is 0 Å². The lowest BCUT2D eigenvalue weighted by Crippen LogP contribution is -2.27. The van der Waals surface area contributed by atoms with E-state index in [9.17, 15) is 0 Å². The van der Waals surface area contributed by atoms with Crippen molar-refractivity contribution < 1.29 is 0 Å². The monoisotopic (exact) mass is 245 g/mol. The standard InChI is InChI=1S/C15H23N3/c1-3-8-18(10-12-4-5-12)14-7-6-13(15(16)17)9-11(14)2/h6-7,9,12H,3-5,8,10H2,1-2H3,(H3,16,17). The summed E-state index contributed by atoms with van der Waals surface area (Å²) >= 11 is 0. The van der Waals surface area contributed by atoms with Crippen LogP contribution in [0.5, 0.6) is 0 Å². The summed E-state index contributed by atoms with van der Waals surface area (Å²) in [6, 6.07) is 6.09. The van der Waals surface area contributed by atoms with E-state index in [-0.39, 0.29) is 5.84 Å². The number of nitrogens with one attached hydrogen (secondary N) is 1. The lowest BCUT2D eigenvalue weighted by Gasteiger charge is -2.26. The van der Waals surface area contributed by atoms with Crippen molar-refractivity contribution in [3.05, 3.63) is 29.3 Å². The Morgan fingerprint density at radius 3 is 2.67 bits per heavy atom. The summed E-state index contributed by atoms with van der Waals surface area (Å²) < 4.78 is 0. The number of rotatable bonds is 6. The second kappa shape index (κ2) is 5.42. The zero-order chi connectivity index (χ0) is 13.1. The number of benzene rings is 1. The van der Waals surface area contributed by atoms with Crippen LogP contribution in [0.3, 0.4) is 0 Å². The average molecular weight is 245 g/mol. The van der Waals surface area contributed by atoms with E-state index >= 15 is 0 Å². The molecule has 98 valence electrons. The van der Waals surface area contributed by atoms with Gasteiger partial charge in [0, 0.05) is 24.3 Å². The van der Waals surface area contributed by atoms with E-state index in [0.29, 0.717) is 0 Å². The molecule has 0 atom stereocenters. The number of anilines is 1. The summed E-state index contributed by atoms with van der Waals surface area (Å²) in [7, 11) is 0. The topological polar surface area (TPSA) is 53.1 Å². The highest BCUT2D eigenvalue weighted by Crippen LogP contribution is 2.32. The van der Waals surface area contributed by atoms with Crippen molar-refractivity contribution in [2.45, 2.75) is 33.1 Å². The van der Waals surface area contributed by atoms with Crippen LogP contribution < -0.4 is 10.6 Å². The zero-order valence-electron chi connectivity index (χ0n) is 11.4. The molecule has 1 aromatic carbocycles. The molecule has 18 heavy (non-hydrogen) atoms. The second-order valence-corrected chi connectivity index (χ2v) is 5.30. The minimum Gasteiger partial charge on any atom is -0.384 e. The molecule has 0 saturated heterocycles. The lowest BCUT2D eigenvalue weighted by atomic mass is 10.1. The minimum atomic E-state index is 0.147. The Balaban J connectivity index is 2.20. The fourth-order valence-electron chi connectivity index (χ4n) is 2.37. The van der Waals surface area contributed by atoms with Gasteiger partial charge in [-0.1, -0.05) is 6.92 Å². The molecule has 1 aliphatic carbocycles. The van der Waals surface area contributed by atoms with Crippen LogP contribution in [0.15, 0.2) is 18.2 Å². The first-order valence-electron chi connectivity index (χ1n) is 6.81. The zero-order valence-corrected chi connectivity index (χ0v) is 11.4. The van der Waals surface area contributed by atoms with Crippen LogP contribution in [0.4, 0.5) is 5.69 Å². The van der Waals surface area contributed by atoms with Crippen molar-refractivity contribution in [2.24, 2.45) is 11.7 Å². The number of nitrogen functional groups attached to an aromatic ring is 1. The molecule has 0 amide bonds. The van der Waals surface area contributed by atoms with Gasteiger partial charge in [-0.3, -0.25) is 5.41 Å². The molecular formula is C15H23N3. The molecule has 0 spiro atoms. The van der Waals surface area contributed by atoms with E-state index in [1.165, 1.54) is 37.1 Å².